The summed E-state index contributed by atoms with van der Waals surface area (Å²) >= 11 is 0. The molecular weight excluding hydrogens is 400 g/mol. The first-order valence-corrected chi connectivity index (χ1v) is 11.5. The van der Waals surface area contributed by atoms with E-state index >= 15 is 0 Å². The van der Waals surface area contributed by atoms with Crippen molar-refractivity contribution < 1.29 is 19.1 Å². The van der Waals surface area contributed by atoms with Gasteiger partial charge < -0.3 is 9.47 Å². The lowest BCUT2D eigenvalue weighted by molar-refractivity contribution is -0.163. The molecule has 0 spiro atoms. The van der Waals surface area contributed by atoms with Gasteiger partial charge >= 0.3 is 11.9 Å². The molecule has 4 heteroatoms. The molecule has 0 N–H and O–H groups in total. The van der Waals surface area contributed by atoms with Gasteiger partial charge in [0.2, 0.25) is 0 Å². The Hall–Kier alpha value is -2.88. The third-order valence-electron chi connectivity index (χ3n) is 5.72. The van der Waals surface area contributed by atoms with Crippen molar-refractivity contribution in [2.75, 3.05) is 13.2 Å². The molecule has 2 aromatic carbocycles. The highest BCUT2D eigenvalue weighted by Gasteiger charge is 2.47. The SMILES string of the molecule is CC(C)COC(=O)C1C(c2ccccc2)C=CC(c2ccccc2)C1C(=O)OCC(C)C. The Balaban J connectivity index is 2.06. The smallest absolute Gasteiger partial charge is 0.310 e. The van der Waals surface area contributed by atoms with E-state index in [4.69, 9.17) is 9.47 Å². The van der Waals surface area contributed by atoms with Gasteiger partial charge in [-0.2, -0.15) is 0 Å². The van der Waals surface area contributed by atoms with Gasteiger partial charge in [0.25, 0.3) is 0 Å². The second-order valence-electron chi connectivity index (χ2n) is 9.36. The maximum Gasteiger partial charge on any atom is 0.310 e. The summed E-state index contributed by atoms with van der Waals surface area (Å²) in [4.78, 5) is 26.9. The van der Waals surface area contributed by atoms with Gasteiger partial charge in [0.15, 0.2) is 0 Å². The first-order chi connectivity index (χ1) is 15.4. The fraction of sp³-hybridized carbons (Fsp3) is 0.429. The number of allylic oxidation sites excluding steroid dienone is 2. The predicted molar refractivity (Wildman–Crippen MR) is 126 cm³/mol. The maximum absolute atomic E-state index is 13.5. The zero-order chi connectivity index (χ0) is 23.1. The van der Waals surface area contributed by atoms with Crippen LogP contribution in [0.3, 0.4) is 0 Å². The Labute approximate surface area is 191 Å². The zero-order valence-electron chi connectivity index (χ0n) is 19.4. The summed E-state index contributed by atoms with van der Waals surface area (Å²) < 4.78 is 11.4. The fourth-order valence-electron chi connectivity index (χ4n) is 4.19. The van der Waals surface area contributed by atoms with Crippen LogP contribution in [0.1, 0.15) is 50.7 Å². The highest BCUT2D eigenvalue weighted by molar-refractivity contribution is 5.85. The van der Waals surface area contributed by atoms with Gasteiger partial charge in [-0.3, -0.25) is 9.59 Å². The van der Waals surface area contributed by atoms with Crippen LogP contribution in [0.4, 0.5) is 0 Å². The van der Waals surface area contributed by atoms with Crippen molar-refractivity contribution in [3.63, 3.8) is 0 Å². The van der Waals surface area contributed by atoms with Crippen LogP contribution in [0.5, 0.6) is 0 Å². The van der Waals surface area contributed by atoms with E-state index in [-0.39, 0.29) is 35.6 Å². The Morgan fingerprint density at radius 1 is 0.656 bits per heavy atom. The first-order valence-electron chi connectivity index (χ1n) is 11.5. The monoisotopic (exact) mass is 434 g/mol. The minimum absolute atomic E-state index is 0.213. The van der Waals surface area contributed by atoms with Crippen molar-refractivity contribution in [3.8, 4) is 0 Å². The van der Waals surface area contributed by atoms with Crippen LogP contribution in [0.2, 0.25) is 0 Å². The van der Waals surface area contributed by atoms with Crippen LogP contribution in [0.15, 0.2) is 72.8 Å². The summed E-state index contributed by atoms with van der Waals surface area (Å²) in [6.45, 7) is 8.66. The Bertz CT molecular complexity index is 826. The van der Waals surface area contributed by atoms with Gasteiger partial charge in [-0.25, -0.2) is 0 Å². The lowest BCUT2D eigenvalue weighted by atomic mass is 9.66. The van der Waals surface area contributed by atoms with Gasteiger partial charge in [0.05, 0.1) is 25.0 Å². The minimum atomic E-state index is -0.661. The number of hydrogen-bond acceptors (Lipinski definition) is 4. The van der Waals surface area contributed by atoms with Crippen LogP contribution < -0.4 is 0 Å². The van der Waals surface area contributed by atoms with Gasteiger partial charge in [0, 0.05) is 11.8 Å². The third kappa shape index (κ3) is 5.87. The molecule has 1 aliphatic carbocycles. The highest BCUT2D eigenvalue weighted by Crippen LogP contribution is 2.45. The van der Waals surface area contributed by atoms with Crippen molar-refractivity contribution in [1.82, 2.24) is 0 Å². The molecule has 0 fully saturated rings. The summed E-state index contributed by atoms with van der Waals surface area (Å²) in [5.74, 6) is -2.10. The van der Waals surface area contributed by atoms with Gasteiger partial charge in [-0.1, -0.05) is 101 Å². The molecule has 0 bridgehead atoms. The van der Waals surface area contributed by atoms with Crippen LogP contribution in [-0.4, -0.2) is 25.2 Å². The first kappa shape index (κ1) is 23.8. The van der Waals surface area contributed by atoms with Crippen LogP contribution in [-0.2, 0) is 19.1 Å². The molecule has 4 unspecified atom stereocenters. The zero-order valence-corrected chi connectivity index (χ0v) is 19.4. The number of carbonyl (C=O) groups is 2. The summed E-state index contributed by atoms with van der Waals surface area (Å²) in [7, 11) is 0. The van der Waals surface area contributed by atoms with Crippen molar-refractivity contribution in [1.29, 1.82) is 0 Å². The summed E-state index contributed by atoms with van der Waals surface area (Å²) in [5.41, 5.74) is 1.98. The molecular formula is C28H34O4. The van der Waals surface area contributed by atoms with E-state index in [9.17, 15) is 9.59 Å². The van der Waals surface area contributed by atoms with Crippen molar-refractivity contribution in [2.24, 2.45) is 23.7 Å². The van der Waals surface area contributed by atoms with E-state index in [1.54, 1.807) is 0 Å². The van der Waals surface area contributed by atoms with E-state index < -0.39 is 11.8 Å². The number of ether oxygens (including phenoxy) is 2. The second-order valence-corrected chi connectivity index (χ2v) is 9.36. The normalized spacial score (nSPS) is 22.7. The summed E-state index contributed by atoms with van der Waals surface area (Å²) in [6, 6.07) is 19.7. The molecule has 4 atom stereocenters. The van der Waals surface area contributed by atoms with E-state index in [2.05, 4.69) is 12.2 Å². The van der Waals surface area contributed by atoms with Gasteiger partial charge in [-0.15, -0.1) is 0 Å². The number of rotatable bonds is 8. The molecule has 0 aliphatic heterocycles. The molecule has 4 nitrogen and oxygen atoms in total. The topological polar surface area (TPSA) is 52.6 Å². The predicted octanol–water partition coefficient (Wildman–Crippen LogP) is 5.75. The number of hydrogen-bond donors (Lipinski definition) is 0. The molecule has 2 aromatic rings. The molecule has 0 aromatic heterocycles. The molecule has 0 saturated heterocycles. The Kier molecular flexibility index (Phi) is 8.26. The average molecular weight is 435 g/mol. The lowest BCUT2D eigenvalue weighted by Gasteiger charge is -2.37. The number of carbonyl (C=O) groups excluding carboxylic acids is 2. The van der Waals surface area contributed by atoms with Gasteiger partial charge in [0.1, 0.15) is 0 Å². The maximum atomic E-state index is 13.5. The largest absolute Gasteiger partial charge is 0.465 e. The molecule has 170 valence electrons. The average Bonchev–Trinajstić information content (AvgIpc) is 2.81. The van der Waals surface area contributed by atoms with Crippen LogP contribution >= 0.6 is 0 Å². The third-order valence-corrected chi connectivity index (χ3v) is 5.72. The molecule has 3 rings (SSSR count). The van der Waals surface area contributed by atoms with Crippen molar-refractivity contribution >= 4 is 11.9 Å². The van der Waals surface area contributed by atoms with E-state index in [1.807, 2.05) is 88.4 Å². The molecule has 1 aliphatic rings. The molecule has 0 saturated carbocycles. The van der Waals surface area contributed by atoms with Crippen molar-refractivity contribution in [2.45, 2.75) is 39.5 Å². The number of esters is 2. The second kappa shape index (κ2) is 11.1. The molecule has 0 amide bonds. The van der Waals surface area contributed by atoms with E-state index in [0.717, 1.165) is 11.1 Å². The fourth-order valence-corrected chi connectivity index (χ4v) is 4.19. The Morgan fingerprint density at radius 2 is 1.00 bits per heavy atom. The van der Waals surface area contributed by atoms with Gasteiger partial charge in [-0.05, 0) is 23.0 Å². The highest BCUT2D eigenvalue weighted by atomic mass is 16.5. The quantitative estimate of drug-likeness (QED) is 0.392. The standard InChI is InChI=1S/C28H34O4/c1-19(2)17-31-27(29)25-23(21-11-7-5-8-12-21)15-16-24(22-13-9-6-10-14-22)26(25)28(30)32-18-20(3)4/h5-16,19-20,23-26H,17-18H2,1-4H3. The summed E-state index contributed by atoms with van der Waals surface area (Å²) in [5, 5.41) is 0. The summed E-state index contributed by atoms with van der Waals surface area (Å²) in [6.07, 6.45) is 4.11. The molecule has 0 heterocycles. The Morgan fingerprint density at radius 3 is 1.31 bits per heavy atom. The van der Waals surface area contributed by atoms with E-state index in [0.29, 0.717) is 13.2 Å². The van der Waals surface area contributed by atoms with Crippen molar-refractivity contribution in [3.05, 3.63) is 83.9 Å². The van der Waals surface area contributed by atoms with Crippen LogP contribution in [0, 0.1) is 23.7 Å². The lowest BCUT2D eigenvalue weighted by Crippen LogP contribution is -2.42. The minimum Gasteiger partial charge on any atom is -0.465 e. The number of benzene rings is 2. The molecule has 32 heavy (non-hydrogen) atoms. The van der Waals surface area contributed by atoms with Crippen LogP contribution in [0.25, 0.3) is 0 Å². The van der Waals surface area contributed by atoms with E-state index in [1.165, 1.54) is 0 Å². The molecule has 0 radical (unpaired) electrons.